The number of nitriles is 1. The van der Waals surface area contributed by atoms with Crippen molar-refractivity contribution in [2.45, 2.75) is 76.3 Å². The molecule has 4 aliphatic rings. The molecule has 4 fully saturated rings. The van der Waals surface area contributed by atoms with E-state index in [1.165, 1.54) is 51.4 Å². The monoisotopic (exact) mass is 392 g/mol. The molecule has 1 aromatic rings. The molecule has 4 atom stereocenters. The molecule has 1 aliphatic carbocycles. The number of rotatable bonds is 3. The van der Waals surface area contributed by atoms with Crippen LogP contribution in [0.15, 0.2) is 18.3 Å². The smallest absolute Gasteiger partial charge is 0.223 e. The van der Waals surface area contributed by atoms with Crippen LogP contribution >= 0.6 is 0 Å². The lowest BCUT2D eigenvalue weighted by Crippen LogP contribution is -2.65. The Labute approximate surface area is 174 Å². The molecule has 5 nitrogen and oxygen atoms in total. The van der Waals surface area contributed by atoms with Gasteiger partial charge in [-0.3, -0.25) is 4.79 Å². The maximum Gasteiger partial charge on any atom is 0.223 e. The number of amides is 1. The molecular weight excluding hydrogens is 360 g/mol. The fourth-order valence-corrected chi connectivity index (χ4v) is 6.67. The summed E-state index contributed by atoms with van der Waals surface area (Å²) in [6, 6.07) is 6.87. The molecule has 2 bridgehead atoms. The molecule has 3 aliphatic heterocycles. The second kappa shape index (κ2) is 7.97. The standard InChI is InChI=1S/C24H32N4O/c25-13-18-9-10-23(26-14-18)27-15-19-12-20(16-27)22(11-17-5-2-1-3-6-17)28-21(19)7-4-8-24(28)29/h9-10,14,17,19-22H,1-8,11-12,15-16H2/t19-,20+,21+,22+/m1/s1. The van der Waals surface area contributed by atoms with Gasteiger partial charge in [0.15, 0.2) is 0 Å². The quantitative estimate of drug-likeness (QED) is 0.776. The van der Waals surface area contributed by atoms with Crippen LogP contribution in [0, 0.1) is 29.1 Å². The summed E-state index contributed by atoms with van der Waals surface area (Å²) in [6.45, 7) is 1.98. The summed E-state index contributed by atoms with van der Waals surface area (Å²) in [6.07, 6.45) is 13.9. The van der Waals surface area contributed by atoms with Crippen LogP contribution in [0.3, 0.4) is 0 Å². The first-order valence-corrected chi connectivity index (χ1v) is 11.6. The Morgan fingerprint density at radius 2 is 1.90 bits per heavy atom. The second-order valence-electron chi connectivity index (χ2n) is 9.75. The Bertz CT molecular complexity index is 779. The molecule has 29 heavy (non-hydrogen) atoms. The summed E-state index contributed by atoms with van der Waals surface area (Å²) in [5.74, 6) is 3.31. The van der Waals surface area contributed by atoms with E-state index in [4.69, 9.17) is 5.26 Å². The number of anilines is 1. The van der Waals surface area contributed by atoms with E-state index in [1.54, 1.807) is 6.20 Å². The Balaban J connectivity index is 1.40. The van der Waals surface area contributed by atoms with E-state index in [1.807, 2.05) is 12.1 Å². The number of hydrogen-bond acceptors (Lipinski definition) is 4. The summed E-state index contributed by atoms with van der Waals surface area (Å²) in [4.78, 5) is 22.4. The highest BCUT2D eigenvalue weighted by Gasteiger charge is 2.49. The number of carbonyl (C=O) groups excluding carboxylic acids is 1. The highest BCUT2D eigenvalue weighted by atomic mass is 16.2. The van der Waals surface area contributed by atoms with Crippen LogP contribution in [0.4, 0.5) is 5.82 Å². The average Bonchev–Trinajstić information content (AvgIpc) is 2.77. The van der Waals surface area contributed by atoms with Crippen molar-refractivity contribution in [3.8, 4) is 6.07 Å². The van der Waals surface area contributed by atoms with Gasteiger partial charge in [-0.15, -0.1) is 0 Å². The lowest BCUT2D eigenvalue weighted by Gasteiger charge is -2.57. The van der Waals surface area contributed by atoms with Crippen molar-refractivity contribution < 1.29 is 4.79 Å². The van der Waals surface area contributed by atoms with Crippen LogP contribution in [-0.4, -0.2) is 41.0 Å². The highest BCUT2D eigenvalue weighted by molar-refractivity contribution is 5.78. The minimum absolute atomic E-state index is 0.410. The van der Waals surface area contributed by atoms with E-state index >= 15 is 0 Å². The summed E-state index contributed by atoms with van der Waals surface area (Å²) in [7, 11) is 0. The Kier molecular flexibility index (Phi) is 5.20. The van der Waals surface area contributed by atoms with Gasteiger partial charge in [-0.2, -0.15) is 5.26 Å². The number of fused-ring (bicyclic) bond motifs is 4. The van der Waals surface area contributed by atoms with Gasteiger partial charge < -0.3 is 9.80 Å². The predicted molar refractivity (Wildman–Crippen MR) is 112 cm³/mol. The number of carbonyl (C=O) groups is 1. The number of aromatic nitrogens is 1. The van der Waals surface area contributed by atoms with Crippen LogP contribution in [0.5, 0.6) is 0 Å². The first-order valence-electron chi connectivity index (χ1n) is 11.6. The maximum atomic E-state index is 13.0. The Morgan fingerprint density at radius 3 is 2.66 bits per heavy atom. The molecule has 0 aromatic carbocycles. The molecular formula is C24H32N4O. The molecule has 5 rings (SSSR count). The van der Waals surface area contributed by atoms with Gasteiger partial charge in [0.1, 0.15) is 11.9 Å². The Morgan fingerprint density at radius 1 is 1.07 bits per heavy atom. The van der Waals surface area contributed by atoms with E-state index in [2.05, 4.69) is 20.9 Å². The SMILES string of the molecule is N#Cc1ccc(N2C[C@H]3C[C@@H](C2)[C@H](CC2CCCCC2)N2C(=O)CCC[C@@H]32)nc1. The summed E-state index contributed by atoms with van der Waals surface area (Å²) < 4.78 is 0. The van der Waals surface area contributed by atoms with Crippen LogP contribution < -0.4 is 4.90 Å². The highest BCUT2D eigenvalue weighted by Crippen LogP contribution is 2.45. The van der Waals surface area contributed by atoms with Crippen LogP contribution in [0.1, 0.15) is 69.8 Å². The van der Waals surface area contributed by atoms with Crippen molar-refractivity contribution >= 4 is 11.7 Å². The van der Waals surface area contributed by atoms with E-state index in [0.29, 0.717) is 35.4 Å². The zero-order valence-corrected chi connectivity index (χ0v) is 17.3. The number of nitrogens with zero attached hydrogens (tertiary/aromatic N) is 4. The van der Waals surface area contributed by atoms with Crippen LogP contribution in [-0.2, 0) is 4.79 Å². The zero-order valence-electron chi connectivity index (χ0n) is 17.3. The second-order valence-corrected chi connectivity index (χ2v) is 9.75. The number of pyridine rings is 1. The molecule has 154 valence electrons. The molecule has 3 saturated heterocycles. The van der Waals surface area contributed by atoms with E-state index in [9.17, 15) is 4.79 Å². The fraction of sp³-hybridized carbons (Fsp3) is 0.708. The van der Waals surface area contributed by atoms with Gasteiger partial charge in [0, 0.05) is 37.8 Å². The normalized spacial score (nSPS) is 32.6. The molecule has 1 aromatic heterocycles. The van der Waals surface area contributed by atoms with Gasteiger partial charge >= 0.3 is 0 Å². The molecule has 1 amide bonds. The van der Waals surface area contributed by atoms with Crippen molar-refractivity contribution in [1.29, 1.82) is 5.26 Å². The fourth-order valence-electron chi connectivity index (χ4n) is 6.67. The van der Waals surface area contributed by atoms with E-state index in [0.717, 1.165) is 37.7 Å². The first-order chi connectivity index (χ1) is 14.2. The first kappa shape index (κ1) is 18.9. The van der Waals surface area contributed by atoms with Gasteiger partial charge in [0.2, 0.25) is 5.91 Å². The molecule has 4 heterocycles. The topological polar surface area (TPSA) is 60.2 Å². The molecule has 0 unspecified atom stereocenters. The van der Waals surface area contributed by atoms with Gasteiger partial charge in [-0.25, -0.2) is 4.98 Å². The van der Waals surface area contributed by atoms with Gasteiger partial charge in [-0.05, 0) is 55.6 Å². The maximum absolute atomic E-state index is 13.0. The number of piperidine rings is 3. The molecule has 5 heteroatoms. The van der Waals surface area contributed by atoms with Gasteiger partial charge in [0.05, 0.1) is 5.56 Å². The van der Waals surface area contributed by atoms with Crippen molar-refractivity contribution in [2.75, 3.05) is 18.0 Å². The van der Waals surface area contributed by atoms with Gasteiger partial charge in [-0.1, -0.05) is 32.1 Å². The van der Waals surface area contributed by atoms with E-state index in [-0.39, 0.29) is 0 Å². The van der Waals surface area contributed by atoms with Crippen LogP contribution in [0.2, 0.25) is 0 Å². The third kappa shape index (κ3) is 3.63. The molecule has 0 N–H and O–H groups in total. The molecule has 0 spiro atoms. The molecule has 0 radical (unpaired) electrons. The third-order valence-electron chi connectivity index (χ3n) is 8.00. The lowest BCUT2D eigenvalue weighted by atomic mass is 9.69. The van der Waals surface area contributed by atoms with E-state index < -0.39 is 0 Å². The minimum atomic E-state index is 0.410. The van der Waals surface area contributed by atoms with Crippen molar-refractivity contribution in [3.05, 3.63) is 23.9 Å². The van der Waals surface area contributed by atoms with Crippen molar-refractivity contribution in [3.63, 3.8) is 0 Å². The minimum Gasteiger partial charge on any atom is -0.356 e. The Hall–Kier alpha value is -2.09. The summed E-state index contributed by atoms with van der Waals surface area (Å²) in [5.41, 5.74) is 0.616. The predicted octanol–water partition coefficient (Wildman–Crippen LogP) is 4.13. The zero-order chi connectivity index (χ0) is 19.8. The largest absolute Gasteiger partial charge is 0.356 e. The lowest BCUT2D eigenvalue weighted by molar-refractivity contribution is -0.149. The van der Waals surface area contributed by atoms with Gasteiger partial charge in [0.25, 0.3) is 0 Å². The van der Waals surface area contributed by atoms with Crippen molar-refractivity contribution in [2.24, 2.45) is 17.8 Å². The summed E-state index contributed by atoms with van der Waals surface area (Å²) >= 11 is 0. The van der Waals surface area contributed by atoms with Crippen molar-refractivity contribution in [1.82, 2.24) is 9.88 Å². The summed E-state index contributed by atoms with van der Waals surface area (Å²) in [5, 5.41) is 9.07. The number of hydrogen-bond donors (Lipinski definition) is 0. The molecule has 1 saturated carbocycles. The van der Waals surface area contributed by atoms with Crippen LogP contribution in [0.25, 0.3) is 0 Å². The third-order valence-corrected chi connectivity index (χ3v) is 8.00. The average molecular weight is 393 g/mol.